The predicted octanol–water partition coefficient (Wildman–Crippen LogP) is 4.07. The molecule has 0 bridgehead atoms. The van der Waals surface area contributed by atoms with E-state index in [-0.39, 0.29) is 6.61 Å². The van der Waals surface area contributed by atoms with Crippen molar-refractivity contribution in [3.05, 3.63) is 90.0 Å². The largest absolute Gasteiger partial charge is 0.497 e. The zero-order valence-electron chi connectivity index (χ0n) is 16.0. The molecule has 148 valence electrons. The molecule has 6 nitrogen and oxygen atoms in total. The van der Waals surface area contributed by atoms with Crippen LogP contribution in [0.2, 0.25) is 0 Å². The second kappa shape index (κ2) is 9.94. The van der Waals surface area contributed by atoms with Crippen LogP contribution in [0.4, 0.5) is 5.69 Å². The third-order valence-corrected chi connectivity index (χ3v) is 4.03. The smallest absolute Gasteiger partial charge is 0.338 e. The molecule has 1 N–H and O–H groups in total. The van der Waals surface area contributed by atoms with E-state index in [0.29, 0.717) is 29.4 Å². The van der Waals surface area contributed by atoms with E-state index >= 15 is 0 Å². The maximum absolute atomic E-state index is 12.0. The molecule has 0 radical (unpaired) electrons. The van der Waals surface area contributed by atoms with Crippen molar-refractivity contribution in [3.8, 4) is 11.5 Å². The third-order valence-electron chi connectivity index (χ3n) is 4.03. The van der Waals surface area contributed by atoms with Gasteiger partial charge in [0.2, 0.25) is 0 Å². The molecule has 3 rings (SSSR count). The summed E-state index contributed by atoms with van der Waals surface area (Å²) in [6.45, 7) is 0.0784. The number of anilines is 1. The highest BCUT2D eigenvalue weighted by atomic mass is 16.5. The summed E-state index contributed by atoms with van der Waals surface area (Å²) in [5.41, 5.74) is 1.97. The van der Waals surface area contributed by atoms with Crippen LogP contribution in [-0.2, 0) is 16.1 Å². The highest BCUT2D eigenvalue weighted by Crippen LogP contribution is 2.17. The number of ether oxygens (including phenoxy) is 3. The first-order valence-corrected chi connectivity index (χ1v) is 9.02. The molecular formula is C23H21NO5. The summed E-state index contributed by atoms with van der Waals surface area (Å²) >= 11 is 0. The van der Waals surface area contributed by atoms with Crippen molar-refractivity contribution in [2.45, 2.75) is 6.61 Å². The van der Waals surface area contributed by atoms with Gasteiger partial charge in [0.15, 0.2) is 6.61 Å². The Labute approximate surface area is 169 Å². The summed E-state index contributed by atoms with van der Waals surface area (Å²) < 4.78 is 15.8. The molecule has 0 aliphatic rings. The minimum absolute atomic E-state index is 0.317. The van der Waals surface area contributed by atoms with Gasteiger partial charge in [-0.15, -0.1) is 0 Å². The number of carbonyl (C=O) groups excluding carboxylic acids is 2. The summed E-state index contributed by atoms with van der Waals surface area (Å²) in [6.07, 6.45) is 0. The van der Waals surface area contributed by atoms with E-state index in [0.717, 1.165) is 5.56 Å². The Kier molecular flexibility index (Phi) is 6.84. The van der Waals surface area contributed by atoms with E-state index in [1.165, 1.54) is 7.11 Å². The quantitative estimate of drug-likeness (QED) is 0.586. The van der Waals surface area contributed by atoms with Crippen LogP contribution in [0.5, 0.6) is 11.5 Å². The molecule has 6 heteroatoms. The molecule has 1 amide bonds. The van der Waals surface area contributed by atoms with Crippen LogP contribution >= 0.6 is 0 Å². The minimum atomic E-state index is -0.594. The molecule has 29 heavy (non-hydrogen) atoms. The summed E-state index contributed by atoms with van der Waals surface area (Å²) in [7, 11) is 1.51. The lowest BCUT2D eigenvalue weighted by molar-refractivity contribution is -0.119. The lowest BCUT2D eigenvalue weighted by Gasteiger charge is -2.09. The summed E-state index contributed by atoms with van der Waals surface area (Å²) in [5, 5.41) is 2.68. The summed E-state index contributed by atoms with van der Waals surface area (Å²) in [6, 6.07) is 23.4. The predicted molar refractivity (Wildman–Crippen MR) is 109 cm³/mol. The van der Waals surface area contributed by atoms with Crippen LogP contribution in [0, 0.1) is 0 Å². The van der Waals surface area contributed by atoms with Crippen LogP contribution in [0.1, 0.15) is 15.9 Å². The third kappa shape index (κ3) is 6.10. The van der Waals surface area contributed by atoms with Crippen LogP contribution < -0.4 is 14.8 Å². The van der Waals surface area contributed by atoms with E-state index < -0.39 is 11.9 Å². The monoisotopic (exact) mass is 391 g/mol. The second-order valence-electron chi connectivity index (χ2n) is 6.15. The SMILES string of the molecule is COc1cccc(C(=O)OCC(=O)Nc2ccc(OCc3ccccc3)cc2)c1. The standard InChI is InChI=1S/C23H21NO5/c1-27-21-9-5-8-18(14-21)23(26)29-16-22(25)24-19-10-12-20(13-11-19)28-15-17-6-3-2-4-7-17/h2-14H,15-16H2,1H3,(H,24,25). The number of carbonyl (C=O) groups is 2. The van der Waals surface area contributed by atoms with E-state index in [2.05, 4.69) is 5.32 Å². The zero-order chi connectivity index (χ0) is 20.5. The van der Waals surface area contributed by atoms with Crippen LogP contribution in [-0.4, -0.2) is 25.6 Å². The van der Waals surface area contributed by atoms with Gasteiger partial charge in [0, 0.05) is 5.69 Å². The Morgan fingerprint density at radius 3 is 2.34 bits per heavy atom. The lowest BCUT2D eigenvalue weighted by Crippen LogP contribution is -2.20. The Morgan fingerprint density at radius 1 is 0.862 bits per heavy atom. The number of hydrogen-bond acceptors (Lipinski definition) is 5. The highest BCUT2D eigenvalue weighted by Gasteiger charge is 2.11. The normalized spacial score (nSPS) is 10.1. The van der Waals surface area contributed by atoms with Crippen molar-refractivity contribution in [3.63, 3.8) is 0 Å². The summed E-state index contributed by atoms with van der Waals surface area (Å²) in [5.74, 6) is 0.206. The van der Waals surface area contributed by atoms with Crippen molar-refractivity contribution in [2.75, 3.05) is 19.0 Å². The Bertz CT molecular complexity index is 955. The summed E-state index contributed by atoms with van der Waals surface area (Å²) in [4.78, 5) is 24.1. The Morgan fingerprint density at radius 2 is 1.62 bits per heavy atom. The van der Waals surface area contributed by atoms with E-state index in [1.54, 1.807) is 48.5 Å². The van der Waals surface area contributed by atoms with Gasteiger partial charge in [-0.25, -0.2) is 4.79 Å². The first-order chi connectivity index (χ1) is 14.1. The van der Waals surface area contributed by atoms with Crippen LogP contribution in [0.15, 0.2) is 78.9 Å². The number of nitrogens with one attached hydrogen (secondary N) is 1. The van der Waals surface area contributed by atoms with Gasteiger partial charge >= 0.3 is 5.97 Å². The fourth-order valence-electron chi connectivity index (χ4n) is 2.54. The van der Waals surface area contributed by atoms with E-state index in [9.17, 15) is 9.59 Å². The molecule has 0 unspecified atom stereocenters. The molecule has 0 atom stereocenters. The van der Waals surface area contributed by atoms with Crippen molar-refractivity contribution in [1.82, 2.24) is 0 Å². The minimum Gasteiger partial charge on any atom is -0.497 e. The average molecular weight is 391 g/mol. The maximum Gasteiger partial charge on any atom is 0.338 e. The topological polar surface area (TPSA) is 73.9 Å². The molecule has 0 aliphatic carbocycles. The fraction of sp³-hybridized carbons (Fsp3) is 0.130. The van der Waals surface area contributed by atoms with Gasteiger partial charge in [-0.2, -0.15) is 0 Å². The molecule has 0 saturated carbocycles. The molecular weight excluding hydrogens is 370 g/mol. The maximum atomic E-state index is 12.0. The molecule has 0 aromatic heterocycles. The van der Waals surface area contributed by atoms with Crippen molar-refractivity contribution in [2.24, 2.45) is 0 Å². The van der Waals surface area contributed by atoms with Crippen LogP contribution in [0.25, 0.3) is 0 Å². The molecule has 0 spiro atoms. The zero-order valence-corrected chi connectivity index (χ0v) is 16.0. The first kappa shape index (κ1) is 19.9. The van der Waals surface area contributed by atoms with Crippen molar-refractivity contribution in [1.29, 1.82) is 0 Å². The van der Waals surface area contributed by atoms with Gasteiger partial charge in [-0.3, -0.25) is 4.79 Å². The molecule has 0 aliphatic heterocycles. The number of methoxy groups -OCH3 is 1. The molecule has 0 heterocycles. The molecule has 0 saturated heterocycles. The molecule has 3 aromatic rings. The van der Waals surface area contributed by atoms with Crippen molar-refractivity contribution < 1.29 is 23.8 Å². The van der Waals surface area contributed by atoms with Crippen LogP contribution in [0.3, 0.4) is 0 Å². The van der Waals surface area contributed by atoms with Gasteiger partial charge in [-0.1, -0.05) is 36.4 Å². The number of amides is 1. The van der Waals surface area contributed by atoms with E-state index in [4.69, 9.17) is 14.2 Å². The average Bonchev–Trinajstić information content (AvgIpc) is 2.77. The highest BCUT2D eigenvalue weighted by molar-refractivity contribution is 5.95. The number of esters is 1. The number of benzene rings is 3. The molecule has 3 aromatic carbocycles. The Balaban J connectivity index is 1.45. The van der Waals surface area contributed by atoms with Gasteiger partial charge in [-0.05, 0) is 48.0 Å². The second-order valence-corrected chi connectivity index (χ2v) is 6.15. The van der Waals surface area contributed by atoms with Gasteiger partial charge in [0.05, 0.1) is 12.7 Å². The van der Waals surface area contributed by atoms with Gasteiger partial charge < -0.3 is 19.5 Å². The number of hydrogen-bond donors (Lipinski definition) is 1. The Hall–Kier alpha value is -3.80. The number of rotatable bonds is 8. The van der Waals surface area contributed by atoms with Gasteiger partial charge in [0.1, 0.15) is 18.1 Å². The fourth-order valence-corrected chi connectivity index (χ4v) is 2.54. The van der Waals surface area contributed by atoms with Crippen molar-refractivity contribution >= 4 is 17.6 Å². The first-order valence-electron chi connectivity index (χ1n) is 9.02. The van der Waals surface area contributed by atoms with Gasteiger partial charge in [0.25, 0.3) is 5.91 Å². The molecule has 0 fully saturated rings. The van der Waals surface area contributed by atoms with E-state index in [1.807, 2.05) is 30.3 Å². The lowest BCUT2D eigenvalue weighted by atomic mass is 10.2.